The number of nitrogens with two attached hydrogens (primary N) is 1. The van der Waals surface area contributed by atoms with Gasteiger partial charge in [-0.3, -0.25) is 4.79 Å². The average Bonchev–Trinajstić information content (AvgIpc) is 3.00. The molecule has 5 nitrogen and oxygen atoms in total. The fourth-order valence-electron chi connectivity index (χ4n) is 2.85. The SMILES string of the molecule is CC1(C)CCC(Nc2snc(N)c2C(=O)NC2CC2)C1. The molecule has 4 N–H and O–H groups in total. The van der Waals surface area contributed by atoms with Gasteiger partial charge in [0.2, 0.25) is 0 Å². The highest BCUT2D eigenvalue weighted by atomic mass is 32.1. The lowest BCUT2D eigenvalue weighted by Gasteiger charge is -2.18. The van der Waals surface area contributed by atoms with Crippen molar-refractivity contribution in [3.05, 3.63) is 5.56 Å². The Hall–Kier alpha value is -1.30. The second-order valence-electron chi connectivity index (χ2n) is 6.77. The molecular weight excluding hydrogens is 272 g/mol. The van der Waals surface area contributed by atoms with Gasteiger partial charge in [-0.15, -0.1) is 0 Å². The largest absolute Gasteiger partial charge is 0.382 e. The van der Waals surface area contributed by atoms with Gasteiger partial charge in [-0.05, 0) is 49.1 Å². The fourth-order valence-corrected chi connectivity index (χ4v) is 3.64. The highest BCUT2D eigenvalue weighted by Crippen LogP contribution is 2.39. The summed E-state index contributed by atoms with van der Waals surface area (Å²) in [6, 6.07) is 0.748. The molecule has 1 atom stereocenters. The molecule has 0 aliphatic heterocycles. The van der Waals surface area contributed by atoms with Gasteiger partial charge in [0.05, 0.1) is 0 Å². The molecule has 1 heterocycles. The molecule has 20 heavy (non-hydrogen) atoms. The van der Waals surface area contributed by atoms with E-state index in [9.17, 15) is 4.79 Å². The second kappa shape index (κ2) is 4.91. The minimum Gasteiger partial charge on any atom is -0.382 e. The molecule has 2 saturated carbocycles. The minimum absolute atomic E-state index is 0.0847. The first-order valence-electron chi connectivity index (χ1n) is 7.27. The molecule has 0 aromatic carbocycles. The van der Waals surface area contributed by atoms with Gasteiger partial charge in [-0.2, -0.15) is 4.37 Å². The molecule has 110 valence electrons. The summed E-state index contributed by atoms with van der Waals surface area (Å²) < 4.78 is 4.14. The molecule has 0 radical (unpaired) electrons. The number of nitrogens with zero attached hydrogens (tertiary/aromatic N) is 1. The molecule has 2 aliphatic rings. The van der Waals surface area contributed by atoms with Crippen LogP contribution in [-0.2, 0) is 0 Å². The Labute approximate surface area is 123 Å². The van der Waals surface area contributed by atoms with Gasteiger partial charge in [-0.1, -0.05) is 13.8 Å². The smallest absolute Gasteiger partial charge is 0.258 e. The summed E-state index contributed by atoms with van der Waals surface area (Å²) in [5.41, 5.74) is 6.78. The lowest BCUT2D eigenvalue weighted by molar-refractivity contribution is 0.0953. The predicted molar refractivity (Wildman–Crippen MR) is 82.1 cm³/mol. The number of amides is 1. The summed E-state index contributed by atoms with van der Waals surface area (Å²) in [6.45, 7) is 4.58. The van der Waals surface area contributed by atoms with E-state index in [4.69, 9.17) is 5.73 Å². The van der Waals surface area contributed by atoms with Crippen LogP contribution >= 0.6 is 11.5 Å². The molecule has 2 aliphatic carbocycles. The monoisotopic (exact) mass is 294 g/mol. The third kappa shape index (κ3) is 2.90. The van der Waals surface area contributed by atoms with E-state index in [0.717, 1.165) is 30.7 Å². The van der Waals surface area contributed by atoms with Gasteiger partial charge >= 0.3 is 0 Å². The highest BCUT2D eigenvalue weighted by Gasteiger charge is 2.33. The predicted octanol–water partition coefficient (Wildman–Crippen LogP) is 2.61. The van der Waals surface area contributed by atoms with Crippen LogP contribution in [0, 0.1) is 5.41 Å². The Kier molecular flexibility index (Phi) is 3.36. The minimum atomic E-state index is -0.0847. The molecule has 1 unspecified atom stereocenters. The molecule has 2 fully saturated rings. The molecule has 1 amide bonds. The van der Waals surface area contributed by atoms with Crippen molar-refractivity contribution in [3.8, 4) is 0 Å². The molecular formula is C14H22N4OS. The standard InChI is InChI=1S/C14H22N4OS/c1-14(2)6-5-9(7-14)17-13-10(11(15)18-20-13)12(19)16-8-3-4-8/h8-9,17H,3-7H2,1-2H3,(H2,15,18)(H,16,19). The van der Waals surface area contributed by atoms with Gasteiger partial charge in [0, 0.05) is 12.1 Å². The third-order valence-corrected chi connectivity index (χ3v) is 4.95. The van der Waals surface area contributed by atoms with E-state index < -0.39 is 0 Å². The van der Waals surface area contributed by atoms with Gasteiger partial charge in [-0.25, -0.2) is 0 Å². The van der Waals surface area contributed by atoms with Crippen LogP contribution in [0.2, 0.25) is 0 Å². The van der Waals surface area contributed by atoms with Crippen molar-refractivity contribution in [1.29, 1.82) is 0 Å². The number of carbonyl (C=O) groups is 1. The molecule has 0 bridgehead atoms. The van der Waals surface area contributed by atoms with Gasteiger partial charge in [0.1, 0.15) is 10.6 Å². The van der Waals surface area contributed by atoms with Crippen molar-refractivity contribution in [2.24, 2.45) is 5.41 Å². The zero-order valence-electron chi connectivity index (χ0n) is 12.0. The van der Waals surface area contributed by atoms with Crippen LogP contribution in [0.15, 0.2) is 0 Å². The van der Waals surface area contributed by atoms with Gasteiger partial charge < -0.3 is 16.4 Å². The zero-order valence-corrected chi connectivity index (χ0v) is 12.8. The summed E-state index contributed by atoms with van der Waals surface area (Å²) in [4.78, 5) is 12.2. The van der Waals surface area contributed by atoms with Crippen molar-refractivity contribution in [2.45, 2.75) is 58.0 Å². The molecule has 3 rings (SSSR count). The number of aromatic nitrogens is 1. The zero-order chi connectivity index (χ0) is 14.3. The van der Waals surface area contributed by atoms with Crippen LogP contribution < -0.4 is 16.4 Å². The Balaban J connectivity index is 1.71. The summed E-state index contributed by atoms with van der Waals surface area (Å²) in [6.07, 6.45) is 5.61. The van der Waals surface area contributed by atoms with Gasteiger partial charge in [0.15, 0.2) is 5.82 Å². The van der Waals surface area contributed by atoms with Crippen LogP contribution in [0.3, 0.4) is 0 Å². The van der Waals surface area contributed by atoms with Crippen molar-refractivity contribution < 1.29 is 4.79 Å². The fraction of sp³-hybridized carbons (Fsp3) is 0.714. The van der Waals surface area contributed by atoms with Crippen LogP contribution in [0.5, 0.6) is 0 Å². The number of nitrogens with one attached hydrogen (secondary N) is 2. The average molecular weight is 294 g/mol. The lowest BCUT2D eigenvalue weighted by Crippen LogP contribution is -2.27. The maximum absolute atomic E-state index is 12.2. The number of nitrogen functional groups attached to an aromatic ring is 1. The first-order valence-corrected chi connectivity index (χ1v) is 8.04. The van der Waals surface area contributed by atoms with Crippen molar-refractivity contribution in [2.75, 3.05) is 11.1 Å². The first kappa shape index (κ1) is 13.7. The van der Waals surface area contributed by atoms with Gasteiger partial charge in [0.25, 0.3) is 5.91 Å². The number of rotatable bonds is 4. The first-order chi connectivity index (χ1) is 9.44. The second-order valence-corrected chi connectivity index (χ2v) is 7.54. The normalized spacial score (nSPS) is 24.6. The quantitative estimate of drug-likeness (QED) is 0.797. The molecule has 1 aromatic rings. The highest BCUT2D eigenvalue weighted by molar-refractivity contribution is 7.11. The Morgan fingerprint density at radius 1 is 1.35 bits per heavy atom. The van der Waals surface area contributed by atoms with Crippen molar-refractivity contribution in [3.63, 3.8) is 0 Å². The summed E-state index contributed by atoms with van der Waals surface area (Å²) in [5.74, 6) is 0.256. The molecule has 1 aromatic heterocycles. The van der Waals surface area contributed by atoms with E-state index in [1.807, 2.05) is 0 Å². The Morgan fingerprint density at radius 3 is 2.70 bits per heavy atom. The Bertz CT molecular complexity index is 521. The summed E-state index contributed by atoms with van der Waals surface area (Å²) >= 11 is 1.29. The molecule has 0 spiro atoms. The lowest BCUT2D eigenvalue weighted by atomic mass is 9.92. The number of anilines is 2. The maximum Gasteiger partial charge on any atom is 0.258 e. The van der Waals surface area contributed by atoms with Crippen LogP contribution in [0.4, 0.5) is 10.8 Å². The van der Waals surface area contributed by atoms with Crippen molar-refractivity contribution in [1.82, 2.24) is 9.69 Å². The number of hydrogen-bond donors (Lipinski definition) is 3. The van der Waals surface area contributed by atoms with Crippen LogP contribution in [-0.4, -0.2) is 22.4 Å². The van der Waals surface area contributed by atoms with E-state index in [1.165, 1.54) is 18.0 Å². The molecule has 6 heteroatoms. The van der Waals surface area contributed by atoms with E-state index in [1.54, 1.807) is 0 Å². The number of carbonyl (C=O) groups excluding carboxylic acids is 1. The Morgan fingerprint density at radius 2 is 2.10 bits per heavy atom. The van der Waals surface area contributed by atoms with Crippen LogP contribution in [0.1, 0.15) is 56.3 Å². The number of hydrogen-bond acceptors (Lipinski definition) is 5. The van der Waals surface area contributed by atoms with E-state index in [0.29, 0.717) is 28.9 Å². The summed E-state index contributed by atoms with van der Waals surface area (Å²) in [7, 11) is 0. The maximum atomic E-state index is 12.2. The van der Waals surface area contributed by atoms with E-state index in [-0.39, 0.29) is 5.91 Å². The molecule has 0 saturated heterocycles. The third-order valence-electron chi connectivity index (χ3n) is 4.16. The van der Waals surface area contributed by atoms with E-state index >= 15 is 0 Å². The van der Waals surface area contributed by atoms with E-state index in [2.05, 4.69) is 28.9 Å². The van der Waals surface area contributed by atoms with Crippen molar-refractivity contribution >= 4 is 28.3 Å². The topological polar surface area (TPSA) is 80.0 Å². The summed E-state index contributed by atoms with van der Waals surface area (Å²) in [5, 5.41) is 7.28. The van der Waals surface area contributed by atoms with Crippen LogP contribution in [0.25, 0.3) is 0 Å².